The summed E-state index contributed by atoms with van der Waals surface area (Å²) in [6, 6.07) is 4.27. The predicted molar refractivity (Wildman–Crippen MR) is 71.6 cm³/mol. The van der Waals surface area contributed by atoms with Crippen LogP contribution in [0, 0.1) is 0 Å². The van der Waals surface area contributed by atoms with Gasteiger partial charge in [-0.3, -0.25) is 0 Å². The summed E-state index contributed by atoms with van der Waals surface area (Å²) in [7, 11) is 0. The van der Waals surface area contributed by atoms with Gasteiger partial charge in [0.25, 0.3) is 0 Å². The van der Waals surface area contributed by atoms with Gasteiger partial charge in [-0.05, 0) is 31.5 Å². The highest BCUT2D eigenvalue weighted by Crippen LogP contribution is 2.06. The fraction of sp³-hybridized carbons (Fsp3) is 0.636. The molecule has 0 aromatic carbocycles. The van der Waals surface area contributed by atoms with Crippen LogP contribution < -0.4 is 10.6 Å². The summed E-state index contributed by atoms with van der Waals surface area (Å²) in [6.45, 7) is 2.89. The SMILES string of the molecule is Cl.Clc1ccc(CNCC2CCCCN2)nn1. The molecule has 0 saturated carbocycles. The molecular weight excluding hydrogens is 259 g/mol. The molecule has 1 aliphatic heterocycles. The van der Waals surface area contributed by atoms with Gasteiger partial charge in [0, 0.05) is 19.1 Å². The Morgan fingerprint density at radius 1 is 1.35 bits per heavy atom. The van der Waals surface area contributed by atoms with Crippen molar-refractivity contribution in [2.24, 2.45) is 0 Å². The molecule has 4 nitrogen and oxygen atoms in total. The standard InChI is InChI=1S/C11H17ClN4.ClH/c12-11-5-4-10(15-16-11)8-13-7-9-3-1-2-6-14-9;/h4-5,9,13-14H,1-3,6-8H2;1H. The van der Waals surface area contributed by atoms with E-state index in [1.54, 1.807) is 6.07 Å². The van der Waals surface area contributed by atoms with Crippen LogP contribution in [0.2, 0.25) is 5.15 Å². The zero-order chi connectivity index (χ0) is 11.2. The number of aromatic nitrogens is 2. The smallest absolute Gasteiger partial charge is 0.151 e. The van der Waals surface area contributed by atoms with Gasteiger partial charge >= 0.3 is 0 Å². The summed E-state index contributed by atoms with van der Waals surface area (Å²) >= 11 is 5.66. The molecular formula is C11H18Cl2N4. The maximum atomic E-state index is 5.66. The van der Waals surface area contributed by atoms with Gasteiger partial charge in [0.15, 0.2) is 5.15 Å². The van der Waals surface area contributed by atoms with Crippen LogP contribution in [0.3, 0.4) is 0 Å². The third-order valence-corrected chi connectivity index (χ3v) is 3.00. The van der Waals surface area contributed by atoms with Gasteiger partial charge in [0.05, 0.1) is 5.69 Å². The van der Waals surface area contributed by atoms with Crippen LogP contribution in [0.1, 0.15) is 25.0 Å². The lowest BCUT2D eigenvalue weighted by Crippen LogP contribution is -2.41. The third-order valence-electron chi connectivity index (χ3n) is 2.80. The highest BCUT2D eigenvalue weighted by Gasteiger charge is 2.11. The van der Waals surface area contributed by atoms with Gasteiger partial charge in [-0.25, -0.2) is 0 Å². The monoisotopic (exact) mass is 276 g/mol. The van der Waals surface area contributed by atoms with E-state index in [1.165, 1.54) is 19.3 Å². The molecule has 1 unspecified atom stereocenters. The molecule has 6 heteroatoms. The van der Waals surface area contributed by atoms with Gasteiger partial charge in [0.1, 0.15) is 0 Å². The predicted octanol–water partition coefficient (Wildman–Crippen LogP) is 1.78. The Kier molecular flexibility index (Phi) is 6.73. The molecule has 1 aliphatic rings. The van der Waals surface area contributed by atoms with Gasteiger partial charge in [0.2, 0.25) is 0 Å². The van der Waals surface area contributed by atoms with Crippen LogP contribution in [0.5, 0.6) is 0 Å². The molecule has 2 N–H and O–H groups in total. The molecule has 0 bridgehead atoms. The molecule has 1 aromatic rings. The van der Waals surface area contributed by atoms with Crippen LogP contribution in [0.4, 0.5) is 0 Å². The average molecular weight is 277 g/mol. The van der Waals surface area contributed by atoms with E-state index < -0.39 is 0 Å². The molecule has 0 amide bonds. The molecule has 96 valence electrons. The minimum absolute atomic E-state index is 0. The van der Waals surface area contributed by atoms with Crippen LogP contribution in [0.25, 0.3) is 0 Å². The number of rotatable bonds is 4. The molecule has 2 heterocycles. The van der Waals surface area contributed by atoms with E-state index in [0.29, 0.717) is 11.2 Å². The molecule has 1 aromatic heterocycles. The summed E-state index contributed by atoms with van der Waals surface area (Å²) in [5.41, 5.74) is 0.931. The molecule has 0 aliphatic carbocycles. The Hall–Kier alpha value is -0.420. The summed E-state index contributed by atoms with van der Waals surface area (Å²) in [6.07, 6.45) is 3.90. The number of piperidine rings is 1. The molecule has 1 fully saturated rings. The maximum absolute atomic E-state index is 5.66. The third kappa shape index (κ3) is 5.17. The first-order valence-corrected chi connectivity index (χ1v) is 6.14. The van der Waals surface area contributed by atoms with Crippen LogP contribution in [-0.4, -0.2) is 29.3 Å². The van der Waals surface area contributed by atoms with Crippen LogP contribution in [0.15, 0.2) is 12.1 Å². The van der Waals surface area contributed by atoms with E-state index >= 15 is 0 Å². The largest absolute Gasteiger partial charge is 0.313 e. The molecule has 1 atom stereocenters. The second kappa shape index (κ2) is 7.82. The maximum Gasteiger partial charge on any atom is 0.151 e. The Morgan fingerprint density at radius 3 is 2.88 bits per heavy atom. The first kappa shape index (κ1) is 14.6. The summed E-state index contributed by atoms with van der Waals surface area (Å²) in [4.78, 5) is 0. The fourth-order valence-electron chi connectivity index (χ4n) is 1.91. The van der Waals surface area contributed by atoms with Crippen LogP contribution >= 0.6 is 24.0 Å². The van der Waals surface area contributed by atoms with E-state index in [4.69, 9.17) is 11.6 Å². The first-order valence-electron chi connectivity index (χ1n) is 5.77. The van der Waals surface area contributed by atoms with E-state index in [2.05, 4.69) is 20.8 Å². The van der Waals surface area contributed by atoms with Gasteiger partial charge in [-0.2, -0.15) is 5.10 Å². The van der Waals surface area contributed by atoms with Crippen molar-refractivity contribution in [2.45, 2.75) is 31.8 Å². The van der Waals surface area contributed by atoms with Gasteiger partial charge in [-0.15, -0.1) is 17.5 Å². The van der Waals surface area contributed by atoms with E-state index in [1.807, 2.05) is 6.07 Å². The van der Waals surface area contributed by atoms with Gasteiger partial charge in [-0.1, -0.05) is 18.0 Å². The van der Waals surface area contributed by atoms with Crippen molar-refractivity contribution in [3.05, 3.63) is 23.0 Å². The van der Waals surface area contributed by atoms with Gasteiger partial charge < -0.3 is 10.6 Å². The van der Waals surface area contributed by atoms with Crippen molar-refractivity contribution in [3.63, 3.8) is 0 Å². The Morgan fingerprint density at radius 2 is 2.24 bits per heavy atom. The van der Waals surface area contributed by atoms with Crippen molar-refractivity contribution < 1.29 is 0 Å². The summed E-state index contributed by atoms with van der Waals surface area (Å²) in [5, 5.41) is 15.1. The zero-order valence-corrected chi connectivity index (χ0v) is 11.2. The second-order valence-corrected chi connectivity index (χ2v) is 4.51. The zero-order valence-electron chi connectivity index (χ0n) is 9.66. The Balaban J connectivity index is 0.00000144. The number of hydrogen-bond acceptors (Lipinski definition) is 4. The molecule has 17 heavy (non-hydrogen) atoms. The first-order chi connectivity index (χ1) is 7.84. The molecule has 1 saturated heterocycles. The molecule has 0 spiro atoms. The van der Waals surface area contributed by atoms with Crippen LogP contribution in [-0.2, 0) is 6.54 Å². The Labute approximate surface area is 113 Å². The molecule has 2 rings (SSSR count). The summed E-state index contributed by atoms with van der Waals surface area (Å²) in [5.74, 6) is 0. The lowest BCUT2D eigenvalue weighted by atomic mass is 10.1. The lowest BCUT2D eigenvalue weighted by molar-refractivity contribution is 0.382. The number of nitrogens with zero attached hydrogens (tertiary/aromatic N) is 2. The quantitative estimate of drug-likeness (QED) is 0.881. The van der Waals surface area contributed by atoms with Crippen molar-refractivity contribution in [2.75, 3.05) is 13.1 Å². The highest BCUT2D eigenvalue weighted by atomic mass is 35.5. The van der Waals surface area contributed by atoms with Crippen molar-refractivity contribution in [1.29, 1.82) is 0 Å². The van der Waals surface area contributed by atoms with E-state index in [0.717, 1.165) is 25.3 Å². The minimum atomic E-state index is 0. The Bertz CT molecular complexity index is 312. The van der Waals surface area contributed by atoms with Crippen molar-refractivity contribution in [3.8, 4) is 0 Å². The topological polar surface area (TPSA) is 49.8 Å². The van der Waals surface area contributed by atoms with Crippen molar-refractivity contribution >= 4 is 24.0 Å². The highest BCUT2D eigenvalue weighted by molar-refractivity contribution is 6.29. The summed E-state index contributed by atoms with van der Waals surface area (Å²) < 4.78 is 0. The normalized spacial score (nSPS) is 19.7. The second-order valence-electron chi connectivity index (χ2n) is 4.13. The lowest BCUT2D eigenvalue weighted by Gasteiger charge is -2.23. The number of nitrogens with one attached hydrogen (secondary N) is 2. The molecule has 0 radical (unpaired) electrons. The number of halogens is 2. The van der Waals surface area contributed by atoms with E-state index in [-0.39, 0.29) is 12.4 Å². The number of hydrogen-bond donors (Lipinski definition) is 2. The van der Waals surface area contributed by atoms with E-state index in [9.17, 15) is 0 Å². The fourth-order valence-corrected chi connectivity index (χ4v) is 2.01. The minimum Gasteiger partial charge on any atom is -0.313 e. The average Bonchev–Trinajstić information content (AvgIpc) is 2.33. The van der Waals surface area contributed by atoms with Crippen molar-refractivity contribution in [1.82, 2.24) is 20.8 Å².